The molecule has 0 atom stereocenters. The highest BCUT2D eigenvalue weighted by Gasteiger charge is 2.10. The van der Waals surface area contributed by atoms with E-state index in [0.717, 1.165) is 16.2 Å². The lowest BCUT2D eigenvalue weighted by Crippen LogP contribution is -2.11. The Balaban J connectivity index is 2.01. The first kappa shape index (κ1) is 12.7. The highest BCUT2D eigenvalue weighted by atomic mass is 127. The van der Waals surface area contributed by atoms with E-state index < -0.39 is 0 Å². The molecule has 1 aromatic carbocycles. The number of rotatable bonds is 2. The van der Waals surface area contributed by atoms with E-state index in [4.69, 9.17) is 0 Å². The summed E-state index contributed by atoms with van der Waals surface area (Å²) in [6.07, 6.45) is 1.40. The lowest BCUT2D eigenvalue weighted by Gasteiger charge is -1.98. The van der Waals surface area contributed by atoms with E-state index in [1.165, 1.54) is 23.7 Å². The molecule has 2 heterocycles. The van der Waals surface area contributed by atoms with Crippen LogP contribution in [0, 0.1) is 10.5 Å². The Morgan fingerprint density at radius 3 is 3.05 bits per heavy atom. The van der Waals surface area contributed by atoms with Crippen molar-refractivity contribution in [2.75, 3.05) is 0 Å². The van der Waals surface area contributed by atoms with E-state index in [2.05, 4.69) is 19.9 Å². The number of fused-ring (bicyclic) bond motifs is 1. The van der Waals surface area contributed by atoms with Gasteiger partial charge in [0.1, 0.15) is 8.60 Å². The maximum atomic E-state index is 11.5. The van der Waals surface area contributed by atoms with Crippen molar-refractivity contribution in [3.05, 3.63) is 44.0 Å². The van der Waals surface area contributed by atoms with Crippen molar-refractivity contribution in [3.8, 4) is 0 Å². The van der Waals surface area contributed by atoms with Crippen molar-refractivity contribution in [2.24, 2.45) is 0 Å². The number of hydrogen-bond donors (Lipinski definition) is 2. The van der Waals surface area contributed by atoms with Gasteiger partial charge >= 0.3 is 0 Å². The van der Waals surface area contributed by atoms with Crippen LogP contribution in [0.1, 0.15) is 5.56 Å². The van der Waals surface area contributed by atoms with Gasteiger partial charge in [-0.3, -0.25) is 4.79 Å². The average Bonchev–Trinajstić information content (AvgIpc) is 2.76. The van der Waals surface area contributed by atoms with Crippen LogP contribution < -0.4 is 5.56 Å². The molecule has 96 valence electrons. The number of imidazole rings is 1. The average molecular weight is 384 g/mol. The molecule has 0 bridgehead atoms. The fourth-order valence-corrected chi connectivity index (χ4v) is 3.08. The summed E-state index contributed by atoms with van der Waals surface area (Å²) in [7, 11) is 0. The van der Waals surface area contributed by atoms with Crippen LogP contribution in [0.4, 0.5) is 0 Å². The molecule has 0 saturated heterocycles. The van der Waals surface area contributed by atoms with Gasteiger partial charge in [0, 0.05) is 0 Å². The SMILES string of the molecule is Cc1ccc2nc(Sc3nc[nH]c(=O)c3I)[nH]c2c1. The Bertz CT molecular complexity index is 811. The minimum Gasteiger partial charge on any atom is -0.333 e. The molecule has 0 aliphatic heterocycles. The highest BCUT2D eigenvalue weighted by molar-refractivity contribution is 14.1. The van der Waals surface area contributed by atoms with Gasteiger partial charge in [-0.1, -0.05) is 6.07 Å². The van der Waals surface area contributed by atoms with Crippen LogP contribution >= 0.6 is 34.4 Å². The number of nitrogens with zero attached hydrogens (tertiary/aromatic N) is 2. The summed E-state index contributed by atoms with van der Waals surface area (Å²) in [6.45, 7) is 2.04. The lowest BCUT2D eigenvalue weighted by molar-refractivity contribution is 0.976. The number of nitrogens with one attached hydrogen (secondary N) is 2. The topological polar surface area (TPSA) is 74.4 Å². The van der Waals surface area contributed by atoms with E-state index in [9.17, 15) is 4.79 Å². The largest absolute Gasteiger partial charge is 0.333 e. The molecule has 0 amide bonds. The monoisotopic (exact) mass is 384 g/mol. The van der Waals surface area contributed by atoms with Gasteiger partial charge in [0.15, 0.2) is 5.16 Å². The molecule has 2 aromatic heterocycles. The van der Waals surface area contributed by atoms with Gasteiger partial charge in [0.2, 0.25) is 0 Å². The van der Waals surface area contributed by atoms with Crippen molar-refractivity contribution >= 4 is 45.4 Å². The molecule has 7 heteroatoms. The standard InChI is InChI=1S/C12H9IN4OS/c1-6-2-3-7-8(4-6)17-12(16-7)19-11-9(13)10(18)14-5-15-11/h2-5H,1H3,(H,16,17)(H,14,15,18). The summed E-state index contributed by atoms with van der Waals surface area (Å²) in [4.78, 5) is 25.9. The number of aryl methyl sites for hydroxylation is 1. The molecular weight excluding hydrogens is 375 g/mol. The number of aromatic amines is 2. The fraction of sp³-hybridized carbons (Fsp3) is 0.0833. The molecule has 0 unspecified atom stereocenters. The van der Waals surface area contributed by atoms with E-state index >= 15 is 0 Å². The number of benzene rings is 1. The Morgan fingerprint density at radius 2 is 2.21 bits per heavy atom. The predicted octanol–water partition coefficient (Wildman–Crippen LogP) is 2.71. The lowest BCUT2D eigenvalue weighted by atomic mass is 10.2. The number of hydrogen-bond acceptors (Lipinski definition) is 4. The van der Waals surface area contributed by atoms with Crippen molar-refractivity contribution < 1.29 is 0 Å². The summed E-state index contributed by atoms with van der Waals surface area (Å²) in [6, 6.07) is 6.04. The predicted molar refractivity (Wildman–Crippen MR) is 82.5 cm³/mol. The van der Waals surface area contributed by atoms with Crippen LogP contribution in [-0.2, 0) is 0 Å². The first-order chi connectivity index (χ1) is 9.13. The molecule has 0 aliphatic rings. The van der Waals surface area contributed by atoms with Gasteiger partial charge < -0.3 is 9.97 Å². The van der Waals surface area contributed by atoms with Gasteiger partial charge in [0.25, 0.3) is 5.56 Å². The molecule has 3 rings (SSSR count). The second-order valence-corrected chi connectivity index (χ2v) is 6.07. The van der Waals surface area contributed by atoms with E-state index in [-0.39, 0.29) is 5.56 Å². The zero-order valence-corrected chi connectivity index (χ0v) is 12.9. The summed E-state index contributed by atoms with van der Waals surface area (Å²) < 4.78 is 0.571. The summed E-state index contributed by atoms with van der Waals surface area (Å²) in [5.74, 6) is 0. The molecule has 0 radical (unpaired) electrons. The van der Waals surface area contributed by atoms with Gasteiger partial charge in [0.05, 0.1) is 17.4 Å². The molecule has 2 N–H and O–H groups in total. The van der Waals surface area contributed by atoms with Crippen LogP contribution in [0.2, 0.25) is 0 Å². The number of aromatic nitrogens is 4. The normalized spacial score (nSPS) is 11.1. The van der Waals surface area contributed by atoms with Gasteiger partial charge in [-0.15, -0.1) is 0 Å². The Labute approximate surface area is 126 Å². The third kappa shape index (κ3) is 2.52. The summed E-state index contributed by atoms with van der Waals surface area (Å²) in [5.41, 5.74) is 2.94. The van der Waals surface area contributed by atoms with E-state index in [0.29, 0.717) is 8.60 Å². The molecule has 3 aromatic rings. The minimum atomic E-state index is -0.134. The Hall–Kier alpha value is -1.35. The quantitative estimate of drug-likeness (QED) is 0.527. The van der Waals surface area contributed by atoms with E-state index in [1.807, 2.05) is 47.7 Å². The van der Waals surface area contributed by atoms with Crippen molar-refractivity contribution in [3.63, 3.8) is 0 Å². The Kier molecular flexibility index (Phi) is 3.31. The fourth-order valence-electron chi connectivity index (χ4n) is 1.68. The molecule has 5 nitrogen and oxygen atoms in total. The van der Waals surface area contributed by atoms with E-state index in [1.54, 1.807) is 0 Å². The summed E-state index contributed by atoms with van der Waals surface area (Å²) in [5, 5.41) is 1.39. The molecule has 0 aliphatic carbocycles. The number of H-pyrrole nitrogens is 2. The third-order valence-electron chi connectivity index (χ3n) is 2.57. The smallest absolute Gasteiger partial charge is 0.265 e. The van der Waals surface area contributed by atoms with Crippen LogP contribution in [0.15, 0.2) is 39.5 Å². The third-order valence-corrected chi connectivity index (χ3v) is 4.83. The van der Waals surface area contributed by atoms with Crippen LogP contribution in [-0.4, -0.2) is 19.9 Å². The van der Waals surface area contributed by atoms with Gasteiger partial charge in [-0.05, 0) is 59.0 Å². The van der Waals surface area contributed by atoms with Gasteiger partial charge in [-0.25, -0.2) is 9.97 Å². The van der Waals surface area contributed by atoms with Crippen LogP contribution in [0.25, 0.3) is 11.0 Å². The maximum absolute atomic E-state index is 11.5. The second kappa shape index (κ2) is 4.97. The van der Waals surface area contributed by atoms with Crippen LogP contribution in [0.5, 0.6) is 0 Å². The van der Waals surface area contributed by atoms with Crippen molar-refractivity contribution in [1.82, 2.24) is 19.9 Å². The van der Waals surface area contributed by atoms with Gasteiger partial charge in [-0.2, -0.15) is 0 Å². The highest BCUT2D eigenvalue weighted by Crippen LogP contribution is 2.27. The summed E-state index contributed by atoms with van der Waals surface area (Å²) >= 11 is 3.34. The molecular formula is C12H9IN4OS. The first-order valence-corrected chi connectivity index (χ1v) is 7.40. The molecule has 0 spiro atoms. The maximum Gasteiger partial charge on any atom is 0.265 e. The Morgan fingerprint density at radius 1 is 1.37 bits per heavy atom. The zero-order chi connectivity index (χ0) is 13.4. The minimum absolute atomic E-state index is 0.134. The first-order valence-electron chi connectivity index (χ1n) is 5.51. The molecule has 0 fully saturated rings. The molecule has 0 saturated carbocycles. The van der Waals surface area contributed by atoms with Crippen molar-refractivity contribution in [2.45, 2.75) is 17.1 Å². The van der Waals surface area contributed by atoms with Crippen molar-refractivity contribution in [1.29, 1.82) is 0 Å². The van der Waals surface area contributed by atoms with Crippen LogP contribution in [0.3, 0.4) is 0 Å². The number of halogens is 1. The molecule has 19 heavy (non-hydrogen) atoms. The second-order valence-electron chi connectivity index (χ2n) is 4.02. The zero-order valence-electron chi connectivity index (χ0n) is 9.90.